The van der Waals surface area contributed by atoms with Crippen molar-refractivity contribution in [1.82, 2.24) is 14.9 Å². The predicted molar refractivity (Wildman–Crippen MR) is 115 cm³/mol. The van der Waals surface area contributed by atoms with Gasteiger partial charge in [-0.3, -0.25) is 9.69 Å². The lowest BCUT2D eigenvalue weighted by molar-refractivity contribution is 0.0144. The van der Waals surface area contributed by atoms with Crippen LogP contribution in [0.1, 0.15) is 28.0 Å². The van der Waals surface area contributed by atoms with Gasteiger partial charge in [-0.25, -0.2) is 9.78 Å². The van der Waals surface area contributed by atoms with Gasteiger partial charge in [-0.15, -0.1) is 11.3 Å². The number of aromatic amines is 1. The van der Waals surface area contributed by atoms with E-state index in [0.717, 1.165) is 11.3 Å². The van der Waals surface area contributed by atoms with Crippen molar-refractivity contribution in [3.63, 3.8) is 0 Å². The zero-order chi connectivity index (χ0) is 22.1. The lowest BCUT2D eigenvalue weighted by Crippen LogP contribution is -2.37. The van der Waals surface area contributed by atoms with Gasteiger partial charge in [0.15, 0.2) is 0 Å². The third-order valence-corrected chi connectivity index (χ3v) is 5.50. The van der Waals surface area contributed by atoms with E-state index in [1.165, 1.54) is 6.08 Å². The van der Waals surface area contributed by atoms with E-state index in [-0.39, 0.29) is 18.8 Å². The number of aryl methyl sites for hydroxylation is 1. The Balaban J connectivity index is 2.25. The Morgan fingerprint density at radius 1 is 1.47 bits per heavy atom. The summed E-state index contributed by atoms with van der Waals surface area (Å²) < 4.78 is 15.5. The van der Waals surface area contributed by atoms with Crippen molar-refractivity contribution in [3.05, 3.63) is 39.3 Å². The third kappa shape index (κ3) is 6.44. The van der Waals surface area contributed by atoms with Crippen molar-refractivity contribution in [2.75, 3.05) is 46.6 Å². The van der Waals surface area contributed by atoms with Crippen LogP contribution in [0.3, 0.4) is 0 Å². The molecule has 0 unspecified atom stereocenters. The van der Waals surface area contributed by atoms with Gasteiger partial charge in [0.1, 0.15) is 22.1 Å². The quantitative estimate of drug-likeness (QED) is 0.356. The van der Waals surface area contributed by atoms with Gasteiger partial charge in [-0.2, -0.15) is 0 Å². The van der Waals surface area contributed by atoms with E-state index in [2.05, 4.69) is 16.5 Å². The third-order valence-electron chi connectivity index (χ3n) is 4.34. The van der Waals surface area contributed by atoms with E-state index in [1.54, 1.807) is 14.0 Å². The van der Waals surface area contributed by atoms with Gasteiger partial charge in [-0.05, 0) is 19.4 Å². The average Bonchev–Trinajstić information content (AvgIpc) is 3.05. The van der Waals surface area contributed by atoms with Crippen molar-refractivity contribution in [1.29, 1.82) is 0 Å². The molecule has 9 nitrogen and oxygen atoms in total. The molecule has 0 fully saturated rings. The molecule has 2 rings (SSSR count). The van der Waals surface area contributed by atoms with E-state index in [0.29, 0.717) is 59.3 Å². The molecule has 2 aromatic heterocycles. The summed E-state index contributed by atoms with van der Waals surface area (Å²) in [6, 6.07) is 0. The molecule has 0 bridgehead atoms. The summed E-state index contributed by atoms with van der Waals surface area (Å²) in [5, 5.41) is 10.6. The van der Waals surface area contributed by atoms with Crippen LogP contribution in [0.5, 0.6) is 0 Å². The van der Waals surface area contributed by atoms with Crippen LogP contribution < -0.4 is 5.56 Å². The number of thiophene rings is 1. The van der Waals surface area contributed by atoms with E-state index < -0.39 is 12.1 Å². The molecule has 2 N–H and O–H groups in total. The van der Waals surface area contributed by atoms with Crippen molar-refractivity contribution >= 4 is 27.5 Å². The number of ether oxygens (including phenoxy) is 3. The summed E-state index contributed by atoms with van der Waals surface area (Å²) in [5.74, 6) is -0.0587. The van der Waals surface area contributed by atoms with Gasteiger partial charge in [0, 0.05) is 26.8 Å². The lowest BCUT2D eigenvalue weighted by Gasteiger charge is -2.24. The number of esters is 1. The van der Waals surface area contributed by atoms with Crippen molar-refractivity contribution in [2.24, 2.45) is 0 Å². The molecule has 0 aliphatic heterocycles. The largest absolute Gasteiger partial charge is 0.457 e. The molecule has 0 spiro atoms. The first kappa shape index (κ1) is 24.2. The van der Waals surface area contributed by atoms with Crippen LogP contribution in [0, 0.1) is 6.92 Å². The number of carbonyl (C=O) groups excluding carboxylic acids is 1. The Bertz CT molecular complexity index is 910. The van der Waals surface area contributed by atoms with E-state index in [9.17, 15) is 14.7 Å². The molecule has 30 heavy (non-hydrogen) atoms. The first-order valence-electron chi connectivity index (χ1n) is 9.68. The van der Waals surface area contributed by atoms with Gasteiger partial charge < -0.3 is 24.3 Å². The van der Waals surface area contributed by atoms with Crippen LogP contribution in [0.15, 0.2) is 17.4 Å². The maximum absolute atomic E-state index is 12.7. The molecule has 0 amide bonds. The number of nitrogens with one attached hydrogen (secondary N) is 1. The lowest BCUT2D eigenvalue weighted by atomic mass is 10.2. The zero-order valence-corrected chi connectivity index (χ0v) is 18.4. The van der Waals surface area contributed by atoms with Crippen LogP contribution >= 0.6 is 11.3 Å². The first-order chi connectivity index (χ1) is 14.4. The number of aromatic nitrogens is 2. The van der Waals surface area contributed by atoms with Gasteiger partial charge in [0.25, 0.3) is 5.56 Å². The molecule has 0 saturated carbocycles. The summed E-state index contributed by atoms with van der Waals surface area (Å²) in [5.41, 5.74) is 0.237. The number of aliphatic hydroxyl groups is 1. The normalized spacial score (nSPS) is 12.4. The summed E-state index contributed by atoms with van der Waals surface area (Å²) in [7, 11) is 1.60. The number of hydrogen-bond donors (Lipinski definition) is 2. The van der Waals surface area contributed by atoms with E-state index in [1.807, 2.05) is 11.8 Å². The highest BCUT2D eigenvalue weighted by Crippen LogP contribution is 2.27. The highest BCUT2D eigenvalue weighted by molar-refractivity contribution is 7.20. The minimum atomic E-state index is -0.674. The molecule has 1 atom stereocenters. The standard InChI is InChI=1S/C20H29N3O6S/c1-5-8-29-20(26)17-13(3)16-18(25)21-15(22-19(16)30-17)11-23(7-9-27-4)10-14(24)12-28-6-2/h5,14,24H,1,6-12H2,2-4H3,(H,21,22,25)/t14-/m0/s1. The molecule has 0 aliphatic rings. The number of methoxy groups -OCH3 is 1. The summed E-state index contributed by atoms with van der Waals surface area (Å²) >= 11 is 1.13. The molecule has 0 aromatic carbocycles. The smallest absolute Gasteiger partial charge is 0.348 e. The van der Waals surface area contributed by atoms with Crippen LogP contribution in [0.4, 0.5) is 0 Å². The van der Waals surface area contributed by atoms with Gasteiger partial charge >= 0.3 is 5.97 Å². The molecular formula is C20H29N3O6S. The maximum Gasteiger partial charge on any atom is 0.348 e. The monoisotopic (exact) mass is 439 g/mol. The van der Waals surface area contributed by atoms with Crippen LogP contribution in [0.25, 0.3) is 10.2 Å². The fourth-order valence-corrected chi connectivity index (χ4v) is 4.02. The molecular weight excluding hydrogens is 410 g/mol. The number of fused-ring (bicyclic) bond motifs is 1. The molecule has 2 heterocycles. The Morgan fingerprint density at radius 2 is 2.23 bits per heavy atom. The number of H-pyrrole nitrogens is 1. The number of hydrogen-bond acceptors (Lipinski definition) is 9. The fraction of sp³-hybridized carbons (Fsp3) is 0.550. The highest BCUT2D eigenvalue weighted by atomic mass is 32.1. The summed E-state index contributed by atoms with van der Waals surface area (Å²) in [6.07, 6.45) is 0.811. The molecule has 0 radical (unpaired) electrons. The molecule has 0 aliphatic carbocycles. The van der Waals surface area contributed by atoms with Gasteiger partial charge in [0.05, 0.1) is 31.2 Å². The Hall–Kier alpha value is -2.11. The minimum Gasteiger partial charge on any atom is -0.457 e. The van der Waals surface area contributed by atoms with Crippen LogP contribution in [-0.2, 0) is 20.8 Å². The summed E-state index contributed by atoms with van der Waals surface area (Å²) in [4.78, 5) is 35.0. The van der Waals surface area contributed by atoms with Crippen molar-refractivity contribution in [3.8, 4) is 0 Å². The fourth-order valence-electron chi connectivity index (χ4n) is 2.93. The number of rotatable bonds is 13. The number of aliphatic hydroxyl groups excluding tert-OH is 1. The van der Waals surface area contributed by atoms with Crippen molar-refractivity contribution in [2.45, 2.75) is 26.5 Å². The molecule has 10 heteroatoms. The second kappa shape index (κ2) is 11.9. The van der Waals surface area contributed by atoms with Crippen LogP contribution in [0.2, 0.25) is 0 Å². The zero-order valence-electron chi connectivity index (χ0n) is 17.6. The Labute approximate surface area is 179 Å². The minimum absolute atomic E-state index is 0.0973. The summed E-state index contributed by atoms with van der Waals surface area (Å²) in [6.45, 7) is 9.60. The maximum atomic E-state index is 12.7. The molecule has 166 valence electrons. The SMILES string of the molecule is C=CCOC(=O)c1sc2nc(CN(CCOC)C[C@H](O)COCC)[nH]c(=O)c2c1C. The predicted octanol–water partition coefficient (Wildman–Crippen LogP) is 1.48. The second-order valence-electron chi connectivity index (χ2n) is 6.68. The number of carbonyl (C=O) groups is 1. The van der Waals surface area contributed by atoms with E-state index in [4.69, 9.17) is 14.2 Å². The van der Waals surface area contributed by atoms with Gasteiger partial charge in [-0.1, -0.05) is 12.7 Å². The van der Waals surface area contributed by atoms with E-state index >= 15 is 0 Å². The molecule has 2 aromatic rings. The van der Waals surface area contributed by atoms with Crippen molar-refractivity contribution < 1.29 is 24.1 Å². The Morgan fingerprint density at radius 3 is 2.90 bits per heavy atom. The van der Waals surface area contributed by atoms with Crippen LogP contribution in [-0.4, -0.2) is 78.7 Å². The average molecular weight is 440 g/mol. The second-order valence-corrected chi connectivity index (χ2v) is 7.68. The highest BCUT2D eigenvalue weighted by Gasteiger charge is 2.21. The Kier molecular flexibility index (Phi) is 9.60. The topological polar surface area (TPSA) is 114 Å². The number of nitrogens with zero attached hydrogens (tertiary/aromatic N) is 2. The first-order valence-corrected chi connectivity index (χ1v) is 10.5. The molecule has 0 saturated heterocycles. The van der Waals surface area contributed by atoms with Gasteiger partial charge in [0.2, 0.25) is 0 Å².